The Balaban J connectivity index is 1.82. The summed E-state index contributed by atoms with van der Waals surface area (Å²) in [4.78, 5) is 4.72. The minimum atomic E-state index is -0.0344. The van der Waals surface area contributed by atoms with Crippen LogP contribution >= 0.6 is 11.3 Å². The molecule has 1 heterocycles. The monoisotopic (exact) mass is 208 g/mol. The summed E-state index contributed by atoms with van der Waals surface area (Å²) in [5, 5.41) is 3.52. The number of rotatable bonds is 2. The zero-order valence-corrected chi connectivity index (χ0v) is 9.15. The molecule has 2 N–H and O–H groups in total. The molecule has 2 aliphatic carbocycles. The number of nitrogens with zero attached hydrogens (tertiary/aromatic N) is 1. The maximum Gasteiger partial charge on any atom is 0.0960 e. The van der Waals surface area contributed by atoms with E-state index in [4.69, 9.17) is 10.7 Å². The van der Waals surface area contributed by atoms with E-state index in [0.717, 1.165) is 24.5 Å². The second-order valence-electron chi connectivity index (χ2n) is 4.71. The summed E-state index contributed by atoms with van der Waals surface area (Å²) in [6.07, 6.45) is 7.69. The highest BCUT2D eigenvalue weighted by atomic mass is 32.1. The van der Waals surface area contributed by atoms with Crippen LogP contribution in [0.3, 0.4) is 0 Å². The summed E-state index contributed by atoms with van der Waals surface area (Å²) in [6.45, 7) is 0. The van der Waals surface area contributed by atoms with Gasteiger partial charge in [-0.2, -0.15) is 0 Å². The smallest absolute Gasteiger partial charge is 0.0960 e. The second kappa shape index (κ2) is 3.04. The van der Waals surface area contributed by atoms with Crippen molar-refractivity contribution < 1.29 is 0 Å². The Labute approximate surface area is 88.5 Å². The van der Waals surface area contributed by atoms with Gasteiger partial charge in [0.15, 0.2) is 0 Å². The van der Waals surface area contributed by atoms with Crippen molar-refractivity contribution in [2.75, 3.05) is 0 Å². The molecule has 2 fully saturated rings. The highest BCUT2D eigenvalue weighted by Crippen LogP contribution is 2.44. The molecular weight excluding hydrogens is 192 g/mol. The third kappa shape index (κ3) is 1.39. The third-order valence-electron chi connectivity index (χ3n) is 3.53. The van der Waals surface area contributed by atoms with E-state index < -0.39 is 0 Å². The largest absolute Gasteiger partial charge is 0.320 e. The average Bonchev–Trinajstić information content (AvgIpc) is 2.73. The van der Waals surface area contributed by atoms with Crippen molar-refractivity contribution in [2.24, 2.45) is 5.73 Å². The molecule has 1 aromatic heterocycles. The van der Waals surface area contributed by atoms with Crippen molar-refractivity contribution in [3.05, 3.63) is 16.1 Å². The lowest BCUT2D eigenvalue weighted by molar-refractivity contribution is 0.677. The Morgan fingerprint density at radius 2 is 2.07 bits per heavy atom. The van der Waals surface area contributed by atoms with Gasteiger partial charge in [-0.3, -0.25) is 0 Å². The minimum Gasteiger partial charge on any atom is -0.320 e. The van der Waals surface area contributed by atoms with Gasteiger partial charge in [-0.1, -0.05) is 12.8 Å². The van der Waals surface area contributed by atoms with Crippen LogP contribution in [-0.4, -0.2) is 4.98 Å². The molecule has 3 heteroatoms. The zero-order valence-electron chi connectivity index (χ0n) is 8.33. The molecule has 2 nitrogen and oxygen atoms in total. The van der Waals surface area contributed by atoms with Crippen molar-refractivity contribution in [3.8, 4) is 0 Å². The highest BCUT2D eigenvalue weighted by molar-refractivity contribution is 7.09. The number of hydrogen-bond donors (Lipinski definition) is 1. The topological polar surface area (TPSA) is 38.9 Å². The van der Waals surface area contributed by atoms with Gasteiger partial charge < -0.3 is 5.73 Å². The molecule has 1 aromatic rings. The quantitative estimate of drug-likeness (QED) is 0.811. The van der Waals surface area contributed by atoms with Crippen LogP contribution in [-0.2, 0) is 5.54 Å². The molecule has 0 aliphatic heterocycles. The average molecular weight is 208 g/mol. The van der Waals surface area contributed by atoms with Gasteiger partial charge >= 0.3 is 0 Å². The summed E-state index contributed by atoms with van der Waals surface area (Å²) in [5.74, 6) is 0.746. The van der Waals surface area contributed by atoms with E-state index in [2.05, 4.69) is 5.38 Å². The van der Waals surface area contributed by atoms with Gasteiger partial charge in [-0.25, -0.2) is 4.98 Å². The standard InChI is InChI=1S/C11H16N2S/c12-11(5-6-11)9-7-14-10(13-9)8-3-1-2-4-8/h7-8H,1-6,12H2. The predicted octanol–water partition coefficient (Wildman–Crippen LogP) is 2.75. The predicted molar refractivity (Wildman–Crippen MR) is 58.4 cm³/mol. The molecular formula is C11H16N2S. The maximum atomic E-state index is 6.12. The van der Waals surface area contributed by atoms with Crippen molar-refractivity contribution in [1.82, 2.24) is 4.98 Å². The fourth-order valence-electron chi connectivity index (χ4n) is 2.27. The lowest BCUT2D eigenvalue weighted by Gasteiger charge is -2.05. The Kier molecular flexibility index (Phi) is 1.92. The van der Waals surface area contributed by atoms with E-state index in [9.17, 15) is 0 Å². The second-order valence-corrected chi connectivity index (χ2v) is 5.60. The van der Waals surface area contributed by atoms with Gasteiger partial charge in [-0.05, 0) is 25.7 Å². The first-order valence-electron chi connectivity index (χ1n) is 5.53. The number of hydrogen-bond acceptors (Lipinski definition) is 3. The lowest BCUT2D eigenvalue weighted by Crippen LogP contribution is -2.19. The fourth-order valence-corrected chi connectivity index (χ4v) is 3.37. The molecule has 0 unspecified atom stereocenters. The first-order valence-corrected chi connectivity index (χ1v) is 6.41. The van der Waals surface area contributed by atoms with Gasteiger partial charge in [0.2, 0.25) is 0 Å². The minimum absolute atomic E-state index is 0.0344. The van der Waals surface area contributed by atoms with Crippen LogP contribution < -0.4 is 5.73 Å². The van der Waals surface area contributed by atoms with Gasteiger partial charge in [0, 0.05) is 11.3 Å². The van der Waals surface area contributed by atoms with E-state index in [0.29, 0.717) is 0 Å². The molecule has 0 radical (unpaired) electrons. The Bertz CT molecular complexity index is 335. The molecule has 0 amide bonds. The Morgan fingerprint density at radius 3 is 2.71 bits per heavy atom. The summed E-state index contributed by atoms with van der Waals surface area (Å²) in [5.41, 5.74) is 7.25. The van der Waals surface area contributed by atoms with Crippen molar-refractivity contribution >= 4 is 11.3 Å². The molecule has 0 saturated heterocycles. The molecule has 3 rings (SSSR count). The van der Waals surface area contributed by atoms with Crippen LogP contribution in [0.4, 0.5) is 0 Å². The van der Waals surface area contributed by atoms with E-state index in [1.54, 1.807) is 0 Å². The molecule has 0 spiro atoms. The summed E-state index contributed by atoms with van der Waals surface area (Å²) < 4.78 is 0. The van der Waals surface area contributed by atoms with Crippen LogP contribution in [0.5, 0.6) is 0 Å². The van der Waals surface area contributed by atoms with Crippen LogP contribution in [0, 0.1) is 0 Å². The highest BCUT2D eigenvalue weighted by Gasteiger charge is 2.42. The summed E-state index contributed by atoms with van der Waals surface area (Å²) in [7, 11) is 0. The number of aromatic nitrogens is 1. The SMILES string of the molecule is NC1(c2csc(C3CCCC3)n2)CC1. The third-order valence-corrected chi connectivity index (χ3v) is 4.53. The fraction of sp³-hybridized carbons (Fsp3) is 0.727. The maximum absolute atomic E-state index is 6.12. The van der Waals surface area contributed by atoms with Crippen molar-refractivity contribution in [3.63, 3.8) is 0 Å². The number of nitrogens with two attached hydrogens (primary N) is 1. The van der Waals surface area contributed by atoms with Crippen LogP contribution in [0.2, 0.25) is 0 Å². The first-order chi connectivity index (χ1) is 6.78. The van der Waals surface area contributed by atoms with Gasteiger partial charge in [0.25, 0.3) is 0 Å². The summed E-state index contributed by atoms with van der Waals surface area (Å²) in [6, 6.07) is 0. The summed E-state index contributed by atoms with van der Waals surface area (Å²) >= 11 is 1.82. The van der Waals surface area contributed by atoms with Gasteiger partial charge in [-0.15, -0.1) is 11.3 Å². The molecule has 0 aromatic carbocycles. The molecule has 14 heavy (non-hydrogen) atoms. The van der Waals surface area contributed by atoms with E-state index in [1.165, 1.54) is 30.7 Å². The van der Waals surface area contributed by atoms with Crippen molar-refractivity contribution in [2.45, 2.75) is 50.0 Å². The van der Waals surface area contributed by atoms with Gasteiger partial charge in [0.1, 0.15) is 0 Å². The Hall–Kier alpha value is -0.410. The van der Waals surface area contributed by atoms with Gasteiger partial charge in [0.05, 0.1) is 16.2 Å². The van der Waals surface area contributed by atoms with E-state index in [1.807, 2.05) is 11.3 Å². The van der Waals surface area contributed by atoms with E-state index in [-0.39, 0.29) is 5.54 Å². The van der Waals surface area contributed by atoms with Crippen LogP contribution in [0.1, 0.15) is 55.1 Å². The molecule has 2 aliphatic rings. The Morgan fingerprint density at radius 1 is 1.36 bits per heavy atom. The van der Waals surface area contributed by atoms with Crippen LogP contribution in [0.25, 0.3) is 0 Å². The molecule has 0 bridgehead atoms. The van der Waals surface area contributed by atoms with Crippen LogP contribution in [0.15, 0.2) is 5.38 Å². The van der Waals surface area contributed by atoms with E-state index >= 15 is 0 Å². The lowest BCUT2D eigenvalue weighted by atomic mass is 10.1. The van der Waals surface area contributed by atoms with Crippen molar-refractivity contribution in [1.29, 1.82) is 0 Å². The number of thiazole rings is 1. The first kappa shape index (κ1) is 8.86. The molecule has 76 valence electrons. The molecule has 2 saturated carbocycles. The normalized spacial score (nSPS) is 25.5. The molecule has 0 atom stereocenters. The zero-order chi connectivity index (χ0) is 9.60.